The van der Waals surface area contributed by atoms with Gasteiger partial charge in [-0.05, 0) is 64.0 Å². The van der Waals surface area contributed by atoms with Gasteiger partial charge in [0.2, 0.25) is 17.7 Å². The molecule has 7 aromatic heterocycles. The van der Waals surface area contributed by atoms with Crippen LogP contribution in [0.3, 0.4) is 0 Å². The molecule has 7 aromatic rings. The van der Waals surface area contributed by atoms with Crippen LogP contribution in [0.2, 0.25) is 0 Å². The first kappa shape index (κ1) is 46.1. The number of aromatic nitrogens is 16. The number of nitrogens with one attached hydrogen (secondary N) is 4. The Kier molecular flexibility index (Phi) is 14.1. The van der Waals surface area contributed by atoms with Gasteiger partial charge in [-0.1, -0.05) is 0 Å². The van der Waals surface area contributed by atoms with Crippen LogP contribution in [0.25, 0.3) is 22.3 Å². The number of ether oxygens (including phenoxy) is 2. The van der Waals surface area contributed by atoms with Crippen LogP contribution < -0.4 is 32.8 Å². The van der Waals surface area contributed by atoms with E-state index in [-0.39, 0.29) is 30.5 Å². The molecule has 2 fully saturated rings. The van der Waals surface area contributed by atoms with Crippen LogP contribution in [0.5, 0.6) is 0 Å². The number of tetrazole rings is 1. The number of fused-ring (bicyclic) bond motifs is 2. The molecule has 3 unspecified atom stereocenters. The first-order chi connectivity index (χ1) is 33.1. The summed E-state index contributed by atoms with van der Waals surface area (Å²) in [6.45, 7) is 6.79. The Labute approximate surface area is 392 Å². The minimum absolute atomic E-state index is 0.133. The molecule has 8 N–H and O–H groups in total. The van der Waals surface area contributed by atoms with E-state index < -0.39 is 0 Å². The van der Waals surface area contributed by atoms with Crippen LogP contribution in [0.15, 0.2) is 42.8 Å². The average molecular weight is 935 g/mol. The van der Waals surface area contributed by atoms with E-state index in [0.717, 1.165) is 43.5 Å². The molecule has 0 aromatic carbocycles. The summed E-state index contributed by atoms with van der Waals surface area (Å²) in [5.74, 6) is 9.13. The van der Waals surface area contributed by atoms with Crippen molar-refractivity contribution in [2.75, 3.05) is 48.0 Å². The van der Waals surface area contributed by atoms with Crippen LogP contribution >= 0.6 is 0 Å². The zero-order chi connectivity index (χ0) is 47.1. The van der Waals surface area contributed by atoms with Gasteiger partial charge < -0.3 is 50.2 Å². The number of anilines is 4. The number of hydrazone groups is 1. The Balaban J connectivity index is 0.900. The summed E-state index contributed by atoms with van der Waals surface area (Å²) in [6, 6.07) is 0.275. The number of methoxy groups -OCH3 is 1. The maximum atomic E-state index is 6.41. The molecule has 0 spiro atoms. The molecule has 362 valence electrons. The monoisotopic (exact) mass is 935 g/mol. The fraction of sp³-hybridized carbons (Fsp3) is 0.571. The first-order valence-corrected chi connectivity index (χ1v) is 23.4. The Morgan fingerprint density at radius 1 is 0.824 bits per heavy atom. The second kappa shape index (κ2) is 20.8. The van der Waals surface area contributed by atoms with Crippen molar-refractivity contribution in [2.24, 2.45) is 30.8 Å². The Morgan fingerprint density at radius 2 is 1.44 bits per heavy atom. The molecule has 68 heavy (non-hydrogen) atoms. The van der Waals surface area contributed by atoms with E-state index in [1.54, 1.807) is 37.2 Å². The molecular formula is C42H62N24O2. The zero-order valence-electron chi connectivity index (χ0n) is 39.3. The smallest absolute Gasteiger partial charge is 0.226 e. The van der Waals surface area contributed by atoms with Crippen molar-refractivity contribution < 1.29 is 9.47 Å². The molecule has 2 aliphatic rings. The molecule has 0 amide bonds. The lowest BCUT2D eigenvalue weighted by Crippen LogP contribution is -2.35. The summed E-state index contributed by atoms with van der Waals surface area (Å²) in [6.07, 6.45) is 17.0. The van der Waals surface area contributed by atoms with E-state index >= 15 is 0 Å². The number of aryl methyl sites for hydroxylation is 4. The molecule has 26 nitrogen and oxygen atoms in total. The Morgan fingerprint density at radius 3 is 2.01 bits per heavy atom. The second-order valence-corrected chi connectivity index (χ2v) is 17.3. The van der Waals surface area contributed by atoms with Gasteiger partial charge >= 0.3 is 0 Å². The van der Waals surface area contributed by atoms with Gasteiger partial charge in [0.15, 0.2) is 39.8 Å². The molecule has 1 aliphatic heterocycles. The van der Waals surface area contributed by atoms with E-state index in [4.69, 9.17) is 51.0 Å². The van der Waals surface area contributed by atoms with Gasteiger partial charge in [-0.3, -0.25) is 4.57 Å². The molecule has 8 heterocycles. The summed E-state index contributed by atoms with van der Waals surface area (Å²) in [5.41, 5.74) is 11.0. The third-order valence-electron chi connectivity index (χ3n) is 12.3. The molecule has 0 radical (unpaired) electrons. The SMILES string of the molecule is CCN(N)/N=C(\N)C1CCC(n2cnc3c(NC4CCC(Nc5nc(NCCc6cn(C)cn6)nc6c5ncn6CCC(OC)c5nnn(CC)n5)CC4)nc(NCCc4cn(C)cn4)nc32)O1. The third-order valence-corrected chi connectivity index (χ3v) is 12.3. The molecule has 1 saturated heterocycles. The number of imidazole rings is 4. The van der Waals surface area contributed by atoms with Gasteiger partial charge in [0.1, 0.15) is 18.4 Å². The lowest BCUT2D eigenvalue weighted by molar-refractivity contribution is 0.0328. The highest BCUT2D eigenvalue weighted by molar-refractivity contribution is 5.86. The number of rotatable bonds is 22. The third kappa shape index (κ3) is 10.7. The molecule has 9 rings (SSSR count). The van der Waals surface area contributed by atoms with Crippen LogP contribution in [0.4, 0.5) is 23.5 Å². The maximum absolute atomic E-state index is 6.41. The lowest BCUT2D eigenvalue weighted by atomic mass is 9.91. The Hall–Kier alpha value is -7.06. The highest BCUT2D eigenvalue weighted by atomic mass is 16.5. The normalized spacial score (nSPS) is 19.2. The van der Waals surface area contributed by atoms with Crippen molar-refractivity contribution in [1.29, 1.82) is 0 Å². The van der Waals surface area contributed by atoms with Gasteiger partial charge in [0, 0.05) is 78.2 Å². The van der Waals surface area contributed by atoms with Crippen molar-refractivity contribution in [3.8, 4) is 0 Å². The topological polar surface area (TPSA) is 301 Å². The van der Waals surface area contributed by atoms with E-state index in [1.165, 1.54) is 5.12 Å². The first-order valence-electron chi connectivity index (χ1n) is 23.4. The summed E-state index contributed by atoms with van der Waals surface area (Å²) in [4.78, 5) is 40.0. The highest BCUT2D eigenvalue weighted by Crippen LogP contribution is 2.34. The second-order valence-electron chi connectivity index (χ2n) is 17.3. The minimum atomic E-state index is -0.379. The standard InChI is InChI=1S/C42H62N24O2/c1-6-65(44)58-35(43)30-12-13-32(68-30)64-25-50-34-38(54-42(56-40(34)64)46-18-15-29-21-62(4)23-48-29)52-27-10-8-26(9-11-27)51-37-33-39(55-41(53-37)45-17-14-28-20-61(3)22-47-28)63(24-49-33)19-16-31(67-5)36-57-60-66(7-2)59-36/h20-27,30-32H,6-19,44H2,1-5H3,(H2,43,58)(H2,45,51,53,55)(H2,46,52,54,56). The van der Waals surface area contributed by atoms with Gasteiger partial charge in [-0.25, -0.2) is 30.9 Å². The van der Waals surface area contributed by atoms with Crippen molar-refractivity contribution in [1.82, 2.24) is 83.5 Å². The fourth-order valence-electron chi connectivity index (χ4n) is 8.61. The number of amidine groups is 1. The van der Waals surface area contributed by atoms with Gasteiger partial charge in [0.25, 0.3) is 0 Å². The van der Waals surface area contributed by atoms with E-state index in [2.05, 4.69) is 51.7 Å². The Bertz CT molecular complexity index is 2780. The zero-order valence-corrected chi connectivity index (χ0v) is 39.3. The van der Waals surface area contributed by atoms with Crippen molar-refractivity contribution in [3.05, 3.63) is 54.9 Å². The number of hydrogen-bond acceptors (Lipinski definition) is 20. The van der Waals surface area contributed by atoms with E-state index in [9.17, 15) is 0 Å². The minimum Gasteiger partial charge on any atom is -0.383 e. The van der Waals surface area contributed by atoms with Crippen molar-refractivity contribution >= 4 is 51.7 Å². The number of nitrogens with two attached hydrogens (primary N) is 2. The van der Waals surface area contributed by atoms with Crippen molar-refractivity contribution in [3.63, 3.8) is 0 Å². The maximum Gasteiger partial charge on any atom is 0.226 e. The molecular weight excluding hydrogens is 873 g/mol. The molecule has 0 bridgehead atoms. The number of hydrazine groups is 1. The lowest BCUT2D eigenvalue weighted by Gasteiger charge is -2.30. The molecule has 3 atom stereocenters. The van der Waals surface area contributed by atoms with Crippen LogP contribution in [0, 0.1) is 0 Å². The van der Waals surface area contributed by atoms with Crippen LogP contribution in [0.1, 0.15) is 88.3 Å². The summed E-state index contributed by atoms with van der Waals surface area (Å²) >= 11 is 0. The van der Waals surface area contributed by atoms with Crippen LogP contribution in [-0.4, -0.2) is 134 Å². The number of nitrogens with zero attached hydrogens (tertiary/aromatic N) is 18. The predicted molar refractivity (Wildman–Crippen MR) is 254 cm³/mol. The van der Waals surface area contributed by atoms with Gasteiger partial charge in [-0.15, -0.1) is 15.3 Å². The molecule has 26 heteroatoms. The van der Waals surface area contributed by atoms with Gasteiger partial charge in [0.05, 0.1) is 49.8 Å². The van der Waals surface area contributed by atoms with Crippen LogP contribution in [-0.2, 0) is 49.5 Å². The average Bonchev–Trinajstić information content (AvgIpc) is 4.21. The predicted octanol–water partition coefficient (Wildman–Crippen LogP) is 2.51. The number of hydrogen-bond donors (Lipinski definition) is 6. The largest absolute Gasteiger partial charge is 0.383 e. The summed E-state index contributed by atoms with van der Waals surface area (Å²) in [5, 5.41) is 32.8. The summed E-state index contributed by atoms with van der Waals surface area (Å²) < 4.78 is 20.0. The fourth-order valence-corrected chi connectivity index (χ4v) is 8.61. The van der Waals surface area contributed by atoms with E-state index in [0.29, 0.717) is 116 Å². The molecule has 1 saturated carbocycles. The molecule has 1 aliphatic carbocycles. The summed E-state index contributed by atoms with van der Waals surface area (Å²) in [7, 11) is 5.58. The van der Waals surface area contributed by atoms with E-state index in [1.807, 2.05) is 58.6 Å². The van der Waals surface area contributed by atoms with Gasteiger partial charge in [-0.2, -0.15) is 24.7 Å². The quantitative estimate of drug-likeness (QED) is 0.0246. The van der Waals surface area contributed by atoms with Crippen molar-refractivity contribution in [2.45, 2.75) is 115 Å². The highest BCUT2D eigenvalue weighted by Gasteiger charge is 2.32.